The Morgan fingerprint density at radius 2 is 2.22 bits per heavy atom. The van der Waals surface area contributed by atoms with E-state index in [-0.39, 0.29) is 0 Å². The van der Waals surface area contributed by atoms with Gasteiger partial charge in [0.05, 0.1) is 7.11 Å². The summed E-state index contributed by atoms with van der Waals surface area (Å²) in [6, 6.07) is 8.55. The molecule has 2 aromatic rings. The van der Waals surface area contributed by atoms with Crippen LogP contribution in [0.25, 0.3) is 0 Å². The smallest absolute Gasteiger partial charge is 0.122 e. The maximum atomic E-state index is 5.36. The molecule has 0 saturated heterocycles. The molecule has 1 unspecified atom stereocenters. The summed E-state index contributed by atoms with van der Waals surface area (Å²) in [4.78, 5) is 4.26. The fourth-order valence-electron chi connectivity index (χ4n) is 1.88. The lowest BCUT2D eigenvalue weighted by molar-refractivity contribution is 0.406. The number of nitrogens with zero attached hydrogens (tertiary/aromatic N) is 1. The zero-order valence-electron chi connectivity index (χ0n) is 10.7. The summed E-state index contributed by atoms with van der Waals surface area (Å²) in [5.74, 6) is 0.959. The molecule has 0 aliphatic rings. The van der Waals surface area contributed by atoms with Crippen LogP contribution in [0.15, 0.2) is 35.8 Å². The molecule has 18 heavy (non-hydrogen) atoms. The van der Waals surface area contributed by atoms with Crippen molar-refractivity contribution in [1.82, 2.24) is 10.3 Å². The Kier molecular flexibility index (Phi) is 4.73. The minimum Gasteiger partial charge on any atom is -0.496 e. The molecule has 1 aromatic carbocycles. The van der Waals surface area contributed by atoms with Crippen LogP contribution in [0.1, 0.15) is 17.5 Å². The van der Waals surface area contributed by atoms with Gasteiger partial charge in [-0.1, -0.05) is 18.2 Å². The number of ether oxygens (including phenoxy) is 1. The van der Waals surface area contributed by atoms with Gasteiger partial charge in [-0.15, -0.1) is 11.3 Å². The summed E-state index contributed by atoms with van der Waals surface area (Å²) < 4.78 is 5.36. The fraction of sp³-hybridized carbons (Fsp3) is 0.357. The van der Waals surface area contributed by atoms with Crippen LogP contribution < -0.4 is 10.1 Å². The van der Waals surface area contributed by atoms with Gasteiger partial charge >= 0.3 is 0 Å². The molecule has 2 rings (SSSR count). The first kappa shape index (κ1) is 13.1. The number of methoxy groups -OCH3 is 1. The highest BCUT2D eigenvalue weighted by Gasteiger charge is 2.07. The zero-order valence-corrected chi connectivity index (χ0v) is 11.5. The van der Waals surface area contributed by atoms with Crippen LogP contribution in [-0.2, 0) is 13.0 Å². The maximum Gasteiger partial charge on any atom is 0.122 e. The Balaban J connectivity index is 1.88. The molecule has 1 atom stereocenters. The van der Waals surface area contributed by atoms with E-state index in [1.54, 1.807) is 18.4 Å². The van der Waals surface area contributed by atoms with Crippen molar-refractivity contribution in [3.05, 3.63) is 46.4 Å². The predicted molar refractivity (Wildman–Crippen MR) is 75.1 cm³/mol. The van der Waals surface area contributed by atoms with E-state index in [1.807, 2.05) is 29.8 Å². The molecule has 0 radical (unpaired) electrons. The molecule has 0 amide bonds. The summed E-state index contributed by atoms with van der Waals surface area (Å²) in [5.41, 5.74) is 1.24. The zero-order chi connectivity index (χ0) is 12.8. The van der Waals surface area contributed by atoms with Gasteiger partial charge in [0.15, 0.2) is 0 Å². The average molecular weight is 262 g/mol. The van der Waals surface area contributed by atoms with Gasteiger partial charge < -0.3 is 10.1 Å². The molecular weight excluding hydrogens is 244 g/mol. The molecule has 0 saturated carbocycles. The Hall–Kier alpha value is -1.39. The SMILES string of the molecule is COc1ccccc1CC(C)NCc1nccs1. The lowest BCUT2D eigenvalue weighted by atomic mass is 10.1. The topological polar surface area (TPSA) is 34.1 Å². The highest BCUT2D eigenvalue weighted by atomic mass is 32.1. The Bertz CT molecular complexity index is 470. The van der Waals surface area contributed by atoms with Crippen LogP contribution in [-0.4, -0.2) is 18.1 Å². The van der Waals surface area contributed by atoms with Crippen molar-refractivity contribution in [2.24, 2.45) is 0 Å². The van der Waals surface area contributed by atoms with Crippen LogP contribution in [0.3, 0.4) is 0 Å². The van der Waals surface area contributed by atoms with Crippen LogP contribution in [0.2, 0.25) is 0 Å². The molecule has 3 nitrogen and oxygen atoms in total. The average Bonchev–Trinajstić information content (AvgIpc) is 2.90. The largest absolute Gasteiger partial charge is 0.496 e. The number of rotatable bonds is 6. The normalized spacial score (nSPS) is 12.3. The van der Waals surface area contributed by atoms with Gasteiger partial charge in [0.2, 0.25) is 0 Å². The monoisotopic (exact) mass is 262 g/mol. The summed E-state index contributed by atoms with van der Waals surface area (Å²) in [6.07, 6.45) is 2.79. The van der Waals surface area contributed by atoms with Gasteiger partial charge in [-0.25, -0.2) is 4.98 Å². The van der Waals surface area contributed by atoms with Gasteiger partial charge in [0, 0.05) is 24.2 Å². The maximum absolute atomic E-state index is 5.36. The number of hydrogen-bond donors (Lipinski definition) is 1. The second kappa shape index (κ2) is 6.52. The van der Waals surface area contributed by atoms with Crippen LogP contribution in [0.4, 0.5) is 0 Å². The Morgan fingerprint density at radius 3 is 2.94 bits per heavy atom. The predicted octanol–water partition coefficient (Wildman–Crippen LogP) is 2.87. The molecule has 0 fully saturated rings. The molecule has 1 heterocycles. The lowest BCUT2D eigenvalue weighted by Gasteiger charge is -2.15. The first-order valence-electron chi connectivity index (χ1n) is 6.03. The lowest BCUT2D eigenvalue weighted by Crippen LogP contribution is -2.27. The summed E-state index contributed by atoms with van der Waals surface area (Å²) in [6.45, 7) is 3.01. The molecule has 0 aliphatic carbocycles. The summed E-state index contributed by atoms with van der Waals surface area (Å²) in [7, 11) is 1.71. The second-order valence-electron chi connectivity index (χ2n) is 4.22. The van der Waals surface area contributed by atoms with Crippen molar-refractivity contribution in [3.8, 4) is 5.75 Å². The number of para-hydroxylation sites is 1. The van der Waals surface area contributed by atoms with E-state index in [2.05, 4.69) is 23.3 Å². The highest BCUT2D eigenvalue weighted by Crippen LogP contribution is 2.18. The van der Waals surface area contributed by atoms with Crippen LogP contribution in [0.5, 0.6) is 5.75 Å². The molecule has 0 spiro atoms. The van der Waals surface area contributed by atoms with E-state index >= 15 is 0 Å². The van der Waals surface area contributed by atoms with Gasteiger partial charge in [-0.05, 0) is 25.0 Å². The molecule has 4 heteroatoms. The van der Waals surface area contributed by atoms with E-state index < -0.39 is 0 Å². The van der Waals surface area contributed by atoms with Gasteiger partial charge in [-0.3, -0.25) is 0 Å². The van der Waals surface area contributed by atoms with Crippen LogP contribution >= 0.6 is 11.3 Å². The van der Waals surface area contributed by atoms with Gasteiger partial charge in [-0.2, -0.15) is 0 Å². The van der Waals surface area contributed by atoms with Crippen molar-refractivity contribution in [2.75, 3.05) is 7.11 Å². The highest BCUT2D eigenvalue weighted by molar-refractivity contribution is 7.09. The third kappa shape index (κ3) is 3.55. The first-order valence-corrected chi connectivity index (χ1v) is 6.91. The van der Waals surface area contributed by atoms with E-state index in [1.165, 1.54) is 5.56 Å². The third-order valence-electron chi connectivity index (χ3n) is 2.80. The molecule has 1 N–H and O–H groups in total. The van der Waals surface area contributed by atoms with Gasteiger partial charge in [0.25, 0.3) is 0 Å². The fourth-order valence-corrected chi connectivity index (χ4v) is 2.44. The van der Waals surface area contributed by atoms with E-state index in [4.69, 9.17) is 4.74 Å². The quantitative estimate of drug-likeness (QED) is 0.869. The van der Waals surface area contributed by atoms with Crippen molar-refractivity contribution in [3.63, 3.8) is 0 Å². The summed E-state index contributed by atoms with van der Waals surface area (Å²) in [5, 5.41) is 6.61. The first-order chi connectivity index (χ1) is 8.79. The van der Waals surface area contributed by atoms with Gasteiger partial charge in [0.1, 0.15) is 10.8 Å². The van der Waals surface area contributed by atoms with Crippen LogP contribution in [0, 0.1) is 0 Å². The minimum atomic E-state index is 0.394. The standard InChI is InChI=1S/C14H18N2OS/c1-11(16-10-14-15-7-8-18-14)9-12-5-3-4-6-13(12)17-2/h3-8,11,16H,9-10H2,1-2H3. The number of nitrogens with one attached hydrogen (secondary N) is 1. The van der Waals surface area contributed by atoms with E-state index in [0.29, 0.717) is 6.04 Å². The Morgan fingerprint density at radius 1 is 1.39 bits per heavy atom. The molecule has 0 aliphatic heterocycles. The van der Waals surface area contributed by atoms with Crippen molar-refractivity contribution in [1.29, 1.82) is 0 Å². The summed E-state index contributed by atoms with van der Waals surface area (Å²) >= 11 is 1.68. The van der Waals surface area contributed by atoms with Crippen molar-refractivity contribution < 1.29 is 4.74 Å². The number of benzene rings is 1. The molecular formula is C14H18N2OS. The van der Waals surface area contributed by atoms with Crippen molar-refractivity contribution in [2.45, 2.75) is 25.9 Å². The second-order valence-corrected chi connectivity index (χ2v) is 5.20. The number of aromatic nitrogens is 1. The number of thiazole rings is 1. The molecule has 1 aromatic heterocycles. The molecule has 0 bridgehead atoms. The molecule has 96 valence electrons. The van der Waals surface area contributed by atoms with Crippen molar-refractivity contribution >= 4 is 11.3 Å². The number of hydrogen-bond acceptors (Lipinski definition) is 4. The van der Waals surface area contributed by atoms with E-state index in [0.717, 1.165) is 23.7 Å². The third-order valence-corrected chi connectivity index (χ3v) is 3.58. The Labute approximate surface area is 112 Å². The van der Waals surface area contributed by atoms with E-state index in [9.17, 15) is 0 Å². The minimum absolute atomic E-state index is 0.394.